The fourth-order valence-electron chi connectivity index (χ4n) is 3.56. The summed E-state index contributed by atoms with van der Waals surface area (Å²) in [6.07, 6.45) is 6.39. The summed E-state index contributed by atoms with van der Waals surface area (Å²) in [5.41, 5.74) is 1.87. The van der Waals surface area contributed by atoms with Crippen molar-refractivity contribution >= 4 is 22.3 Å². The third kappa shape index (κ3) is 1.40. The average molecular weight is 269 g/mol. The highest BCUT2D eigenvalue weighted by atomic mass is 16.6. The average Bonchev–Trinajstić information content (AvgIpc) is 2.35. The monoisotopic (exact) mass is 269 g/mol. The lowest BCUT2D eigenvalue weighted by atomic mass is 9.67. The molecule has 5 heteroatoms. The van der Waals surface area contributed by atoms with E-state index in [0.717, 1.165) is 31.5 Å². The number of benzene rings is 1. The van der Waals surface area contributed by atoms with E-state index in [1.54, 1.807) is 18.3 Å². The Morgan fingerprint density at radius 2 is 2.10 bits per heavy atom. The lowest BCUT2D eigenvalue weighted by Crippen LogP contribution is -2.64. The van der Waals surface area contributed by atoms with E-state index in [-0.39, 0.29) is 16.1 Å². The molecule has 2 fully saturated rings. The van der Waals surface area contributed by atoms with Crippen LogP contribution in [-0.2, 0) is 0 Å². The fourth-order valence-corrected chi connectivity index (χ4v) is 3.56. The molecule has 1 saturated carbocycles. The number of nitro groups is 1. The third-order valence-corrected chi connectivity index (χ3v) is 4.87. The fraction of sp³-hybridized carbons (Fsp3) is 0.400. The van der Waals surface area contributed by atoms with Crippen LogP contribution < -0.4 is 4.90 Å². The van der Waals surface area contributed by atoms with Crippen LogP contribution in [0, 0.1) is 10.1 Å². The van der Waals surface area contributed by atoms with Gasteiger partial charge in [-0.15, -0.1) is 0 Å². The van der Waals surface area contributed by atoms with E-state index in [0.29, 0.717) is 10.9 Å². The topological polar surface area (TPSA) is 59.3 Å². The Bertz CT molecular complexity index is 704. The molecule has 1 aliphatic carbocycles. The minimum Gasteiger partial charge on any atom is -0.360 e. The first-order chi connectivity index (χ1) is 9.71. The standard InChI is InChI=1S/C15H15N3O2/c19-18(20)14-11-3-1-9-16-12(11)4-5-13(14)17-10-8-15(17)6-2-7-15/h1,3-5,9H,2,6-8,10H2. The Balaban J connectivity index is 1.91. The number of pyridine rings is 1. The van der Waals surface area contributed by atoms with Crippen LogP contribution in [0.3, 0.4) is 0 Å². The molecule has 102 valence electrons. The van der Waals surface area contributed by atoms with E-state index >= 15 is 0 Å². The Morgan fingerprint density at radius 3 is 2.70 bits per heavy atom. The molecular weight excluding hydrogens is 254 g/mol. The molecule has 1 saturated heterocycles. The van der Waals surface area contributed by atoms with Crippen LogP contribution in [0.1, 0.15) is 25.7 Å². The summed E-state index contributed by atoms with van der Waals surface area (Å²) in [5, 5.41) is 12.2. The Labute approximate surface area is 116 Å². The number of nitro benzene ring substituents is 1. The van der Waals surface area contributed by atoms with Gasteiger partial charge in [0.05, 0.1) is 15.8 Å². The van der Waals surface area contributed by atoms with Gasteiger partial charge in [-0.1, -0.05) is 0 Å². The predicted molar refractivity (Wildman–Crippen MR) is 76.9 cm³/mol. The number of hydrogen-bond acceptors (Lipinski definition) is 4. The quantitative estimate of drug-likeness (QED) is 0.620. The molecule has 2 aromatic rings. The Morgan fingerprint density at radius 1 is 1.25 bits per heavy atom. The van der Waals surface area contributed by atoms with E-state index < -0.39 is 0 Å². The lowest BCUT2D eigenvalue weighted by molar-refractivity contribution is -0.382. The van der Waals surface area contributed by atoms with Gasteiger partial charge in [0.15, 0.2) is 0 Å². The smallest absolute Gasteiger partial charge is 0.301 e. The minimum absolute atomic E-state index is 0.209. The van der Waals surface area contributed by atoms with E-state index in [1.165, 1.54) is 6.42 Å². The van der Waals surface area contributed by atoms with Gasteiger partial charge < -0.3 is 4.90 Å². The molecule has 0 unspecified atom stereocenters. The summed E-state index contributed by atoms with van der Waals surface area (Å²) in [6.45, 7) is 0.923. The Hall–Kier alpha value is -2.17. The van der Waals surface area contributed by atoms with Crippen LogP contribution in [0.5, 0.6) is 0 Å². The van der Waals surface area contributed by atoms with Gasteiger partial charge in [-0.2, -0.15) is 0 Å². The zero-order valence-electron chi connectivity index (χ0n) is 11.1. The number of rotatable bonds is 2. The first-order valence-corrected chi connectivity index (χ1v) is 7.01. The number of nitrogens with zero attached hydrogens (tertiary/aromatic N) is 3. The van der Waals surface area contributed by atoms with Crippen molar-refractivity contribution in [1.82, 2.24) is 4.98 Å². The maximum Gasteiger partial charge on any atom is 0.301 e. The molecule has 4 rings (SSSR count). The summed E-state index contributed by atoms with van der Waals surface area (Å²) >= 11 is 0. The van der Waals surface area contributed by atoms with Gasteiger partial charge >= 0.3 is 5.69 Å². The Kier molecular flexibility index (Phi) is 2.28. The predicted octanol–water partition coefficient (Wildman–Crippen LogP) is 3.28. The van der Waals surface area contributed by atoms with Crippen molar-refractivity contribution in [3.8, 4) is 0 Å². The number of fused-ring (bicyclic) bond motifs is 1. The molecule has 1 aromatic heterocycles. The molecule has 0 bridgehead atoms. The molecule has 1 aliphatic heterocycles. The molecule has 20 heavy (non-hydrogen) atoms. The molecule has 1 aromatic carbocycles. The molecule has 0 N–H and O–H groups in total. The lowest BCUT2D eigenvalue weighted by Gasteiger charge is -2.59. The highest BCUT2D eigenvalue weighted by Crippen LogP contribution is 2.51. The second kappa shape index (κ2) is 3.91. The molecular formula is C15H15N3O2. The van der Waals surface area contributed by atoms with Gasteiger partial charge in [-0.05, 0) is 49.9 Å². The number of hydrogen-bond donors (Lipinski definition) is 0. The molecule has 0 radical (unpaired) electrons. The molecule has 1 spiro atoms. The maximum absolute atomic E-state index is 11.5. The van der Waals surface area contributed by atoms with E-state index in [1.807, 2.05) is 12.1 Å². The summed E-state index contributed by atoms with van der Waals surface area (Å²) in [5.74, 6) is 0. The zero-order chi connectivity index (χ0) is 13.7. The van der Waals surface area contributed by atoms with Crippen LogP contribution in [0.4, 0.5) is 11.4 Å². The van der Waals surface area contributed by atoms with Gasteiger partial charge in [0, 0.05) is 18.3 Å². The summed E-state index contributed by atoms with van der Waals surface area (Å²) in [4.78, 5) is 17.7. The van der Waals surface area contributed by atoms with Gasteiger partial charge in [-0.25, -0.2) is 0 Å². The summed E-state index contributed by atoms with van der Waals surface area (Å²) < 4.78 is 0. The second-order valence-electron chi connectivity index (χ2n) is 5.74. The third-order valence-electron chi connectivity index (χ3n) is 4.87. The largest absolute Gasteiger partial charge is 0.360 e. The number of aromatic nitrogens is 1. The highest BCUT2D eigenvalue weighted by Gasteiger charge is 2.50. The minimum atomic E-state index is -0.260. The molecule has 0 amide bonds. The second-order valence-corrected chi connectivity index (χ2v) is 5.74. The van der Waals surface area contributed by atoms with Crippen molar-refractivity contribution in [1.29, 1.82) is 0 Å². The summed E-state index contributed by atoms with van der Waals surface area (Å²) in [7, 11) is 0. The summed E-state index contributed by atoms with van der Waals surface area (Å²) in [6, 6.07) is 7.31. The zero-order valence-corrected chi connectivity index (χ0v) is 11.1. The maximum atomic E-state index is 11.5. The molecule has 2 heterocycles. The SMILES string of the molecule is O=[N+]([O-])c1c(N2CCC23CCC3)ccc2ncccc12. The van der Waals surface area contributed by atoms with Crippen molar-refractivity contribution in [2.45, 2.75) is 31.2 Å². The van der Waals surface area contributed by atoms with Gasteiger partial charge in [0.1, 0.15) is 5.69 Å². The van der Waals surface area contributed by atoms with Crippen molar-refractivity contribution in [3.63, 3.8) is 0 Å². The van der Waals surface area contributed by atoms with E-state index in [9.17, 15) is 10.1 Å². The normalized spacial score (nSPS) is 19.7. The van der Waals surface area contributed by atoms with Gasteiger partial charge in [0.25, 0.3) is 0 Å². The van der Waals surface area contributed by atoms with Crippen molar-refractivity contribution in [2.24, 2.45) is 0 Å². The molecule has 5 nitrogen and oxygen atoms in total. The van der Waals surface area contributed by atoms with E-state index in [4.69, 9.17) is 0 Å². The van der Waals surface area contributed by atoms with Crippen molar-refractivity contribution < 1.29 is 4.92 Å². The van der Waals surface area contributed by atoms with Gasteiger partial charge in [0.2, 0.25) is 0 Å². The first kappa shape index (κ1) is 11.6. The van der Waals surface area contributed by atoms with Crippen molar-refractivity contribution in [2.75, 3.05) is 11.4 Å². The van der Waals surface area contributed by atoms with Crippen LogP contribution in [0.15, 0.2) is 30.5 Å². The first-order valence-electron chi connectivity index (χ1n) is 7.01. The van der Waals surface area contributed by atoms with Crippen LogP contribution >= 0.6 is 0 Å². The number of anilines is 1. The molecule has 0 atom stereocenters. The van der Waals surface area contributed by atoms with Crippen molar-refractivity contribution in [3.05, 3.63) is 40.6 Å². The van der Waals surface area contributed by atoms with Crippen LogP contribution in [-0.4, -0.2) is 22.0 Å². The highest BCUT2D eigenvalue weighted by molar-refractivity contribution is 5.95. The molecule has 2 aliphatic rings. The van der Waals surface area contributed by atoms with E-state index in [2.05, 4.69) is 9.88 Å². The van der Waals surface area contributed by atoms with Crippen LogP contribution in [0.2, 0.25) is 0 Å². The van der Waals surface area contributed by atoms with Gasteiger partial charge in [-0.3, -0.25) is 15.1 Å². The van der Waals surface area contributed by atoms with Crippen LogP contribution in [0.25, 0.3) is 10.9 Å².